The Morgan fingerprint density at radius 2 is 1.53 bits per heavy atom. The first-order valence-electron chi connectivity index (χ1n) is 8.44. The van der Waals surface area contributed by atoms with E-state index in [0.29, 0.717) is 11.3 Å². The number of primary amides is 1. The van der Waals surface area contributed by atoms with Gasteiger partial charge in [0.2, 0.25) is 0 Å². The van der Waals surface area contributed by atoms with Gasteiger partial charge in [0.25, 0.3) is 5.91 Å². The molecule has 1 aromatic heterocycles. The summed E-state index contributed by atoms with van der Waals surface area (Å²) in [6.45, 7) is 0. The number of hydrogen-bond acceptors (Lipinski definition) is 3. The molecule has 0 fully saturated rings. The number of halogens is 4. The number of urea groups is 1. The molecule has 154 valence electrons. The molecule has 0 aliphatic carbocycles. The fourth-order valence-electron chi connectivity index (χ4n) is 2.60. The lowest BCUT2D eigenvalue weighted by molar-refractivity contribution is -0.137. The van der Waals surface area contributed by atoms with Crippen LogP contribution in [0.3, 0.4) is 0 Å². The summed E-state index contributed by atoms with van der Waals surface area (Å²) >= 11 is 5.56. The molecule has 10 heteroatoms. The second-order valence-electron chi connectivity index (χ2n) is 6.14. The summed E-state index contributed by atoms with van der Waals surface area (Å²) < 4.78 is 38.8. The van der Waals surface area contributed by atoms with E-state index in [4.69, 9.17) is 17.3 Å². The predicted octanol–water partition coefficient (Wildman–Crippen LogP) is 5.16. The molecule has 0 spiro atoms. The fourth-order valence-corrected chi connectivity index (χ4v) is 2.83. The van der Waals surface area contributed by atoms with Crippen LogP contribution in [0.2, 0.25) is 5.02 Å². The maximum absolute atomic E-state index is 12.9. The molecule has 0 atom stereocenters. The topological polar surface area (TPSA) is 97.1 Å². The highest BCUT2D eigenvalue weighted by atomic mass is 35.5. The molecule has 0 saturated heterocycles. The van der Waals surface area contributed by atoms with Crippen LogP contribution in [0.4, 0.5) is 29.3 Å². The Hall–Kier alpha value is -3.59. The number of hydrogen-bond donors (Lipinski definition) is 3. The van der Waals surface area contributed by atoms with Crippen molar-refractivity contribution in [2.75, 3.05) is 10.6 Å². The van der Waals surface area contributed by atoms with Crippen molar-refractivity contribution in [1.29, 1.82) is 0 Å². The van der Waals surface area contributed by atoms with Crippen LogP contribution in [-0.2, 0) is 6.18 Å². The Kier molecular flexibility index (Phi) is 5.93. The largest absolute Gasteiger partial charge is 0.417 e. The maximum atomic E-state index is 12.9. The smallest absolute Gasteiger partial charge is 0.364 e. The third-order valence-electron chi connectivity index (χ3n) is 4.02. The summed E-state index contributed by atoms with van der Waals surface area (Å²) in [7, 11) is 0. The van der Waals surface area contributed by atoms with Crippen LogP contribution in [0.5, 0.6) is 0 Å². The number of carbonyl (C=O) groups is 2. The Labute approximate surface area is 173 Å². The van der Waals surface area contributed by atoms with Crippen LogP contribution >= 0.6 is 11.6 Å². The second-order valence-corrected chi connectivity index (χ2v) is 6.55. The molecule has 3 amide bonds. The van der Waals surface area contributed by atoms with Gasteiger partial charge >= 0.3 is 12.2 Å². The molecule has 3 aromatic rings. The maximum Gasteiger partial charge on any atom is 0.417 e. The minimum absolute atomic E-state index is 0.0587. The number of nitrogens with one attached hydrogen (secondary N) is 2. The third-order valence-corrected chi connectivity index (χ3v) is 4.35. The van der Waals surface area contributed by atoms with Gasteiger partial charge in [-0.3, -0.25) is 9.78 Å². The van der Waals surface area contributed by atoms with Gasteiger partial charge in [-0.15, -0.1) is 0 Å². The summed E-state index contributed by atoms with van der Waals surface area (Å²) in [6, 6.07) is 12.2. The highest BCUT2D eigenvalue weighted by Crippen LogP contribution is 2.36. The summed E-state index contributed by atoms with van der Waals surface area (Å²) in [5.74, 6) is -0.650. The number of pyridine rings is 1. The monoisotopic (exact) mass is 434 g/mol. The van der Waals surface area contributed by atoms with Gasteiger partial charge in [-0.2, -0.15) is 13.2 Å². The number of aromatic nitrogens is 1. The lowest BCUT2D eigenvalue weighted by atomic mass is 10.1. The Morgan fingerprint density at radius 3 is 2.17 bits per heavy atom. The van der Waals surface area contributed by atoms with E-state index in [1.165, 1.54) is 18.3 Å². The van der Waals surface area contributed by atoms with Crippen molar-refractivity contribution >= 4 is 34.9 Å². The lowest BCUT2D eigenvalue weighted by Crippen LogP contribution is -2.19. The Balaban J connectivity index is 1.70. The van der Waals surface area contributed by atoms with Crippen molar-refractivity contribution in [3.63, 3.8) is 0 Å². The average Bonchev–Trinajstić information content (AvgIpc) is 2.69. The van der Waals surface area contributed by atoms with Gasteiger partial charge in [0.05, 0.1) is 10.6 Å². The predicted molar refractivity (Wildman–Crippen MR) is 107 cm³/mol. The van der Waals surface area contributed by atoms with E-state index in [-0.39, 0.29) is 11.4 Å². The van der Waals surface area contributed by atoms with Crippen LogP contribution in [0.1, 0.15) is 16.1 Å². The zero-order chi connectivity index (χ0) is 21.9. The van der Waals surface area contributed by atoms with Crippen molar-refractivity contribution in [1.82, 2.24) is 4.98 Å². The van der Waals surface area contributed by atoms with Crippen molar-refractivity contribution in [2.24, 2.45) is 5.73 Å². The molecule has 1 heterocycles. The van der Waals surface area contributed by atoms with Gasteiger partial charge in [-0.25, -0.2) is 4.79 Å². The quantitative estimate of drug-likeness (QED) is 0.528. The van der Waals surface area contributed by atoms with Gasteiger partial charge < -0.3 is 16.4 Å². The molecule has 0 saturated carbocycles. The summed E-state index contributed by atoms with van der Waals surface area (Å²) in [5, 5.41) is 4.39. The van der Waals surface area contributed by atoms with Gasteiger partial charge in [-0.1, -0.05) is 23.7 Å². The number of benzene rings is 2. The molecular weight excluding hydrogens is 421 g/mol. The van der Waals surface area contributed by atoms with Crippen molar-refractivity contribution in [3.8, 4) is 11.1 Å². The number of nitrogens with zero attached hydrogens (tertiary/aromatic N) is 1. The molecule has 0 bridgehead atoms. The summed E-state index contributed by atoms with van der Waals surface area (Å²) in [4.78, 5) is 27.2. The van der Waals surface area contributed by atoms with Crippen molar-refractivity contribution in [2.45, 2.75) is 6.18 Å². The van der Waals surface area contributed by atoms with E-state index in [0.717, 1.165) is 17.7 Å². The molecule has 3 rings (SSSR count). The molecule has 0 radical (unpaired) electrons. The molecular formula is C20H14ClF3N4O2. The van der Waals surface area contributed by atoms with Gasteiger partial charge in [0, 0.05) is 17.6 Å². The lowest BCUT2D eigenvalue weighted by Gasteiger charge is -2.12. The van der Waals surface area contributed by atoms with Gasteiger partial charge in [-0.05, 0) is 53.6 Å². The highest BCUT2D eigenvalue weighted by molar-refractivity contribution is 6.31. The van der Waals surface area contributed by atoms with E-state index < -0.39 is 28.7 Å². The molecule has 0 unspecified atom stereocenters. The fraction of sp³-hybridized carbons (Fsp3) is 0.0500. The number of rotatable bonds is 4. The SMILES string of the molecule is NC(=O)c1cc(-c2ccc(NC(=O)Nc3ccc(Cl)c(C(F)(F)F)c3)cc2)ccn1. The van der Waals surface area contributed by atoms with E-state index in [2.05, 4.69) is 15.6 Å². The second kappa shape index (κ2) is 8.42. The minimum atomic E-state index is -4.64. The van der Waals surface area contributed by atoms with Crippen LogP contribution in [0.15, 0.2) is 60.8 Å². The molecule has 0 aliphatic rings. The van der Waals surface area contributed by atoms with Gasteiger partial charge in [0.1, 0.15) is 5.69 Å². The first kappa shape index (κ1) is 21.1. The Morgan fingerprint density at radius 1 is 0.900 bits per heavy atom. The van der Waals surface area contributed by atoms with Crippen molar-refractivity contribution < 1.29 is 22.8 Å². The number of amides is 3. The minimum Gasteiger partial charge on any atom is -0.364 e. The molecule has 6 nitrogen and oxygen atoms in total. The van der Waals surface area contributed by atoms with Gasteiger partial charge in [0.15, 0.2) is 0 Å². The van der Waals surface area contributed by atoms with Crippen LogP contribution in [0, 0.1) is 0 Å². The number of anilines is 2. The van der Waals surface area contributed by atoms with Crippen molar-refractivity contribution in [3.05, 3.63) is 77.1 Å². The zero-order valence-corrected chi connectivity index (χ0v) is 15.9. The van der Waals surface area contributed by atoms with E-state index >= 15 is 0 Å². The molecule has 2 aromatic carbocycles. The standard InChI is InChI=1S/C20H14ClF3N4O2/c21-16-6-5-14(10-15(16)20(22,23)24)28-19(30)27-13-3-1-11(2-4-13)12-7-8-26-17(9-12)18(25)29/h1-10H,(H2,25,29)(H2,27,28,30). The normalized spacial score (nSPS) is 11.1. The third kappa shape index (κ3) is 5.06. The number of carbonyl (C=O) groups excluding carboxylic acids is 2. The zero-order valence-electron chi connectivity index (χ0n) is 15.1. The van der Waals surface area contributed by atoms with Crippen LogP contribution in [0.25, 0.3) is 11.1 Å². The Bertz CT molecular complexity index is 1100. The van der Waals surface area contributed by atoms with E-state index in [9.17, 15) is 22.8 Å². The average molecular weight is 435 g/mol. The summed E-state index contributed by atoms with van der Waals surface area (Å²) in [5.41, 5.74) is 6.10. The summed E-state index contributed by atoms with van der Waals surface area (Å²) in [6.07, 6.45) is -3.18. The number of alkyl halides is 3. The first-order valence-corrected chi connectivity index (χ1v) is 8.82. The molecule has 0 aliphatic heterocycles. The highest BCUT2D eigenvalue weighted by Gasteiger charge is 2.33. The first-order chi connectivity index (χ1) is 14.1. The molecule has 30 heavy (non-hydrogen) atoms. The van der Waals surface area contributed by atoms with E-state index in [1.54, 1.807) is 30.3 Å². The van der Waals surface area contributed by atoms with Crippen LogP contribution in [-0.4, -0.2) is 16.9 Å². The van der Waals surface area contributed by atoms with Crippen LogP contribution < -0.4 is 16.4 Å². The van der Waals surface area contributed by atoms with E-state index in [1.807, 2.05) is 0 Å². The molecule has 4 N–H and O–H groups in total. The number of nitrogens with two attached hydrogens (primary N) is 1.